The standard InChI is InChI=1S/C19H27N3O3/c1-13(23)17(22-11-16(18(20)24)21-12-22)8-9-25-15-7-5-6-14(10-15)19(2,3)4/h5-7,10-13,17,23H,8-9H2,1-4H3,(H2,20,24). The number of primary amides is 1. The number of aromatic nitrogens is 2. The highest BCUT2D eigenvalue weighted by molar-refractivity contribution is 5.90. The Bertz CT molecular complexity index is 717. The summed E-state index contributed by atoms with van der Waals surface area (Å²) in [5, 5.41) is 10.0. The number of carbonyl (C=O) groups excluding carboxylic acids is 1. The molecule has 1 aromatic carbocycles. The van der Waals surface area contributed by atoms with Crippen LogP contribution in [0.1, 0.15) is 56.2 Å². The van der Waals surface area contributed by atoms with Crippen LogP contribution in [0.15, 0.2) is 36.8 Å². The van der Waals surface area contributed by atoms with Crippen molar-refractivity contribution < 1.29 is 14.6 Å². The maximum Gasteiger partial charge on any atom is 0.268 e. The topological polar surface area (TPSA) is 90.4 Å². The Balaban J connectivity index is 2.01. The number of nitrogens with zero attached hydrogens (tertiary/aromatic N) is 2. The highest BCUT2D eigenvalue weighted by atomic mass is 16.5. The summed E-state index contributed by atoms with van der Waals surface area (Å²) in [5.74, 6) is 0.221. The Labute approximate surface area is 148 Å². The summed E-state index contributed by atoms with van der Waals surface area (Å²) in [6, 6.07) is 7.79. The maximum atomic E-state index is 11.2. The summed E-state index contributed by atoms with van der Waals surface area (Å²) >= 11 is 0. The summed E-state index contributed by atoms with van der Waals surface area (Å²) in [7, 11) is 0. The predicted octanol–water partition coefficient (Wildman–Crippen LogP) is 2.67. The Hall–Kier alpha value is -2.34. The van der Waals surface area contributed by atoms with Gasteiger partial charge in [-0.3, -0.25) is 4.79 Å². The molecule has 1 aromatic heterocycles. The lowest BCUT2D eigenvalue weighted by Gasteiger charge is -2.22. The van der Waals surface area contributed by atoms with Gasteiger partial charge in [-0.1, -0.05) is 32.9 Å². The summed E-state index contributed by atoms with van der Waals surface area (Å²) in [6.07, 6.45) is 3.03. The summed E-state index contributed by atoms with van der Waals surface area (Å²) in [4.78, 5) is 15.1. The van der Waals surface area contributed by atoms with Gasteiger partial charge in [-0.05, 0) is 30.0 Å². The monoisotopic (exact) mass is 345 g/mol. The molecule has 0 fully saturated rings. The number of aliphatic hydroxyl groups excluding tert-OH is 1. The quantitative estimate of drug-likeness (QED) is 0.807. The van der Waals surface area contributed by atoms with Crippen LogP contribution >= 0.6 is 0 Å². The van der Waals surface area contributed by atoms with E-state index in [9.17, 15) is 9.90 Å². The summed E-state index contributed by atoms with van der Waals surface area (Å²) < 4.78 is 7.57. The first-order chi connectivity index (χ1) is 11.7. The van der Waals surface area contributed by atoms with Crippen LogP contribution in [-0.2, 0) is 5.41 Å². The van der Waals surface area contributed by atoms with Gasteiger partial charge in [-0.25, -0.2) is 4.98 Å². The van der Waals surface area contributed by atoms with Gasteiger partial charge in [0.1, 0.15) is 11.4 Å². The molecule has 136 valence electrons. The summed E-state index contributed by atoms with van der Waals surface area (Å²) in [5.41, 5.74) is 6.68. The van der Waals surface area contributed by atoms with Crippen molar-refractivity contribution in [1.82, 2.24) is 9.55 Å². The number of imidazole rings is 1. The number of benzene rings is 1. The number of ether oxygens (including phenoxy) is 1. The van der Waals surface area contributed by atoms with Crippen LogP contribution in [-0.4, -0.2) is 33.3 Å². The van der Waals surface area contributed by atoms with Crippen LogP contribution in [0.25, 0.3) is 0 Å². The van der Waals surface area contributed by atoms with Crippen molar-refractivity contribution in [3.8, 4) is 5.75 Å². The lowest BCUT2D eigenvalue weighted by Crippen LogP contribution is -2.23. The fourth-order valence-electron chi connectivity index (χ4n) is 2.63. The third kappa shape index (κ3) is 5.06. The number of amides is 1. The van der Waals surface area contributed by atoms with Crippen LogP contribution in [0.5, 0.6) is 5.75 Å². The van der Waals surface area contributed by atoms with Crippen molar-refractivity contribution in [1.29, 1.82) is 0 Å². The highest BCUT2D eigenvalue weighted by Gasteiger charge is 2.19. The van der Waals surface area contributed by atoms with E-state index in [0.29, 0.717) is 13.0 Å². The van der Waals surface area contributed by atoms with Crippen LogP contribution in [0.3, 0.4) is 0 Å². The van der Waals surface area contributed by atoms with E-state index in [4.69, 9.17) is 10.5 Å². The maximum absolute atomic E-state index is 11.2. The first-order valence-corrected chi connectivity index (χ1v) is 8.43. The van der Waals surface area contributed by atoms with E-state index < -0.39 is 12.0 Å². The Morgan fingerprint density at radius 3 is 2.68 bits per heavy atom. The molecule has 6 heteroatoms. The Morgan fingerprint density at radius 1 is 1.40 bits per heavy atom. The van der Waals surface area contributed by atoms with Crippen molar-refractivity contribution in [2.75, 3.05) is 6.61 Å². The number of carbonyl (C=O) groups is 1. The third-order valence-electron chi connectivity index (χ3n) is 4.18. The number of hydrogen-bond acceptors (Lipinski definition) is 4. The molecule has 6 nitrogen and oxygen atoms in total. The van der Waals surface area contributed by atoms with Gasteiger partial charge < -0.3 is 20.1 Å². The van der Waals surface area contributed by atoms with Crippen molar-refractivity contribution in [3.63, 3.8) is 0 Å². The van der Waals surface area contributed by atoms with Gasteiger partial charge >= 0.3 is 0 Å². The smallest absolute Gasteiger partial charge is 0.268 e. The molecule has 2 atom stereocenters. The average Bonchev–Trinajstić information content (AvgIpc) is 3.00. The predicted molar refractivity (Wildman–Crippen MR) is 96.7 cm³/mol. The molecule has 2 aromatic rings. The van der Waals surface area contributed by atoms with Gasteiger partial charge in [0.2, 0.25) is 0 Å². The number of hydrogen-bond donors (Lipinski definition) is 2. The fourth-order valence-corrected chi connectivity index (χ4v) is 2.63. The second-order valence-electron chi connectivity index (χ2n) is 7.29. The molecule has 2 rings (SSSR count). The van der Waals surface area contributed by atoms with Gasteiger partial charge in [0.05, 0.1) is 25.1 Å². The minimum Gasteiger partial charge on any atom is -0.494 e. The zero-order valence-corrected chi connectivity index (χ0v) is 15.3. The number of nitrogens with two attached hydrogens (primary N) is 1. The van der Waals surface area contributed by atoms with Gasteiger partial charge in [-0.2, -0.15) is 0 Å². The van der Waals surface area contributed by atoms with Crippen LogP contribution in [0.4, 0.5) is 0 Å². The molecule has 0 aliphatic heterocycles. The van der Waals surface area contributed by atoms with Crippen LogP contribution < -0.4 is 10.5 Å². The molecule has 0 spiro atoms. The second-order valence-corrected chi connectivity index (χ2v) is 7.29. The van der Waals surface area contributed by atoms with E-state index in [2.05, 4.69) is 31.8 Å². The van der Waals surface area contributed by atoms with Gasteiger partial charge in [0, 0.05) is 12.6 Å². The van der Waals surface area contributed by atoms with Gasteiger partial charge in [-0.15, -0.1) is 0 Å². The van der Waals surface area contributed by atoms with Crippen molar-refractivity contribution >= 4 is 5.91 Å². The fraction of sp³-hybridized carbons (Fsp3) is 0.474. The van der Waals surface area contributed by atoms with E-state index in [0.717, 1.165) is 5.75 Å². The zero-order chi connectivity index (χ0) is 18.6. The third-order valence-corrected chi connectivity index (χ3v) is 4.18. The SMILES string of the molecule is CC(O)C(CCOc1cccc(C(C)(C)C)c1)n1cnc(C(N)=O)c1. The first-order valence-electron chi connectivity index (χ1n) is 8.43. The molecule has 0 aliphatic rings. The molecule has 0 radical (unpaired) electrons. The van der Waals surface area contributed by atoms with E-state index in [1.54, 1.807) is 17.7 Å². The minimum atomic E-state index is -0.612. The molecule has 3 N–H and O–H groups in total. The van der Waals surface area contributed by atoms with Crippen molar-refractivity contribution in [3.05, 3.63) is 48.0 Å². The second kappa shape index (κ2) is 7.70. The Morgan fingerprint density at radius 2 is 2.12 bits per heavy atom. The lowest BCUT2D eigenvalue weighted by atomic mass is 9.87. The van der Waals surface area contributed by atoms with E-state index >= 15 is 0 Å². The number of aliphatic hydroxyl groups is 1. The van der Waals surface area contributed by atoms with Crippen LogP contribution in [0.2, 0.25) is 0 Å². The molecule has 0 bridgehead atoms. The highest BCUT2D eigenvalue weighted by Crippen LogP contribution is 2.26. The van der Waals surface area contributed by atoms with Gasteiger partial charge in [0.25, 0.3) is 5.91 Å². The molecule has 0 aliphatic carbocycles. The minimum absolute atomic E-state index is 0.0590. The number of rotatable bonds is 7. The molecule has 2 unspecified atom stereocenters. The van der Waals surface area contributed by atoms with E-state index in [1.807, 2.05) is 18.2 Å². The van der Waals surface area contributed by atoms with Crippen molar-refractivity contribution in [2.24, 2.45) is 5.73 Å². The molecule has 1 amide bonds. The van der Waals surface area contributed by atoms with Crippen molar-refractivity contribution in [2.45, 2.75) is 51.7 Å². The molecular formula is C19H27N3O3. The average molecular weight is 345 g/mol. The summed E-state index contributed by atoms with van der Waals surface area (Å²) in [6.45, 7) is 8.61. The lowest BCUT2D eigenvalue weighted by molar-refractivity contribution is 0.0993. The molecule has 25 heavy (non-hydrogen) atoms. The zero-order valence-electron chi connectivity index (χ0n) is 15.3. The van der Waals surface area contributed by atoms with E-state index in [-0.39, 0.29) is 17.2 Å². The molecule has 0 saturated heterocycles. The van der Waals surface area contributed by atoms with Crippen LogP contribution in [0, 0.1) is 0 Å². The normalized spacial score (nSPS) is 14.1. The molecular weight excluding hydrogens is 318 g/mol. The molecule has 1 heterocycles. The first kappa shape index (κ1) is 19.0. The van der Waals surface area contributed by atoms with Gasteiger partial charge in [0.15, 0.2) is 0 Å². The van der Waals surface area contributed by atoms with E-state index in [1.165, 1.54) is 11.9 Å². The Kier molecular flexibility index (Phi) is 5.85. The molecule has 0 saturated carbocycles. The largest absolute Gasteiger partial charge is 0.494 e.